The van der Waals surface area contributed by atoms with E-state index < -0.39 is 6.04 Å². The molecule has 2 N–H and O–H groups in total. The highest BCUT2D eigenvalue weighted by atomic mass is 16.5. The van der Waals surface area contributed by atoms with E-state index in [1.807, 2.05) is 56.3 Å². The predicted octanol–water partition coefficient (Wildman–Crippen LogP) is 5.18. The molecular formula is C27H33N5O4. The Morgan fingerprint density at radius 2 is 1.92 bits per heavy atom. The van der Waals surface area contributed by atoms with Crippen LogP contribution in [-0.2, 0) is 4.79 Å². The standard InChI is InChI=1S/C27H33N5O4/c1-5-7-10-15-36-22-14-13-19(16-23(22)34-4)25-24(18(3)30-27-28-17-29-32(25)27)26(33)31-20-11-8-9-12-21(20)35-6-2/h8-9,11-14,16-17,25H,5-7,10,15H2,1-4H3,(H,31,33)(H,28,29,30). The van der Waals surface area contributed by atoms with Gasteiger partial charge in [-0.15, -0.1) is 0 Å². The Hall–Kier alpha value is -4.01. The van der Waals surface area contributed by atoms with Gasteiger partial charge in [-0.25, -0.2) is 4.68 Å². The van der Waals surface area contributed by atoms with Crippen molar-refractivity contribution < 1.29 is 19.0 Å². The van der Waals surface area contributed by atoms with Crippen LogP contribution in [0.2, 0.25) is 0 Å². The fourth-order valence-electron chi connectivity index (χ4n) is 4.24. The minimum absolute atomic E-state index is 0.267. The van der Waals surface area contributed by atoms with E-state index in [1.54, 1.807) is 11.8 Å². The van der Waals surface area contributed by atoms with Crippen LogP contribution in [0.4, 0.5) is 11.6 Å². The summed E-state index contributed by atoms with van der Waals surface area (Å²) in [5.74, 6) is 2.17. The summed E-state index contributed by atoms with van der Waals surface area (Å²) in [5, 5.41) is 10.6. The molecule has 36 heavy (non-hydrogen) atoms. The Kier molecular flexibility index (Phi) is 8.10. The molecule has 190 valence electrons. The smallest absolute Gasteiger partial charge is 0.255 e. The van der Waals surface area contributed by atoms with Gasteiger partial charge in [0.2, 0.25) is 5.95 Å². The molecule has 1 amide bonds. The van der Waals surface area contributed by atoms with Gasteiger partial charge >= 0.3 is 0 Å². The van der Waals surface area contributed by atoms with Gasteiger partial charge in [0.05, 0.1) is 31.6 Å². The number of methoxy groups -OCH3 is 1. The predicted molar refractivity (Wildman–Crippen MR) is 139 cm³/mol. The highest BCUT2D eigenvalue weighted by Gasteiger charge is 2.34. The monoisotopic (exact) mass is 491 g/mol. The number of para-hydroxylation sites is 2. The molecule has 0 aliphatic carbocycles. The van der Waals surface area contributed by atoms with Crippen molar-refractivity contribution in [1.29, 1.82) is 0 Å². The van der Waals surface area contributed by atoms with E-state index in [1.165, 1.54) is 6.33 Å². The van der Waals surface area contributed by atoms with Crippen LogP contribution in [0.15, 0.2) is 60.1 Å². The van der Waals surface area contributed by atoms with Crippen LogP contribution in [0, 0.1) is 0 Å². The second-order valence-corrected chi connectivity index (χ2v) is 8.44. The van der Waals surface area contributed by atoms with E-state index in [9.17, 15) is 4.79 Å². The highest BCUT2D eigenvalue weighted by molar-refractivity contribution is 6.06. The number of amides is 1. The van der Waals surface area contributed by atoms with Gasteiger partial charge in [-0.05, 0) is 50.1 Å². The molecule has 2 aromatic carbocycles. The van der Waals surface area contributed by atoms with E-state index >= 15 is 0 Å². The number of hydrogen-bond donors (Lipinski definition) is 2. The van der Waals surface area contributed by atoms with Gasteiger partial charge in [-0.1, -0.05) is 38.0 Å². The van der Waals surface area contributed by atoms with Gasteiger partial charge in [0.1, 0.15) is 18.1 Å². The highest BCUT2D eigenvalue weighted by Crippen LogP contribution is 2.39. The molecule has 0 spiro atoms. The molecule has 9 nitrogen and oxygen atoms in total. The van der Waals surface area contributed by atoms with Crippen molar-refractivity contribution in [3.8, 4) is 17.2 Å². The van der Waals surface area contributed by atoms with E-state index in [0.717, 1.165) is 24.8 Å². The number of rotatable bonds is 11. The molecule has 0 saturated heterocycles. The van der Waals surface area contributed by atoms with Crippen LogP contribution in [0.3, 0.4) is 0 Å². The molecular weight excluding hydrogens is 458 g/mol. The summed E-state index contributed by atoms with van der Waals surface area (Å²) in [5.41, 5.74) is 2.62. The molecule has 0 fully saturated rings. The first-order chi connectivity index (χ1) is 17.6. The van der Waals surface area contributed by atoms with Gasteiger partial charge in [-0.2, -0.15) is 10.1 Å². The van der Waals surface area contributed by atoms with Gasteiger partial charge < -0.3 is 24.8 Å². The third-order valence-corrected chi connectivity index (χ3v) is 5.98. The van der Waals surface area contributed by atoms with Crippen LogP contribution in [-0.4, -0.2) is 41.0 Å². The number of aromatic nitrogens is 3. The Bertz CT molecular complexity index is 1240. The number of carbonyl (C=O) groups excluding carboxylic acids is 1. The van der Waals surface area contributed by atoms with Crippen molar-refractivity contribution in [3.63, 3.8) is 0 Å². The molecule has 0 bridgehead atoms. The number of carbonyl (C=O) groups is 1. The molecule has 2 heterocycles. The number of nitrogens with zero attached hydrogens (tertiary/aromatic N) is 3. The summed E-state index contributed by atoms with van der Waals surface area (Å²) in [7, 11) is 1.61. The van der Waals surface area contributed by atoms with Crippen molar-refractivity contribution in [3.05, 3.63) is 65.6 Å². The number of allylic oxidation sites excluding steroid dienone is 1. The third kappa shape index (κ3) is 5.30. The zero-order chi connectivity index (χ0) is 25.5. The van der Waals surface area contributed by atoms with Crippen molar-refractivity contribution >= 4 is 17.5 Å². The largest absolute Gasteiger partial charge is 0.493 e. The number of benzene rings is 2. The van der Waals surface area contributed by atoms with Crippen molar-refractivity contribution in [2.24, 2.45) is 0 Å². The maximum atomic E-state index is 13.7. The Morgan fingerprint density at radius 1 is 1.08 bits per heavy atom. The molecule has 0 saturated carbocycles. The van der Waals surface area contributed by atoms with E-state index in [4.69, 9.17) is 14.2 Å². The Morgan fingerprint density at radius 3 is 2.69 bits per heavy atom. The lowest BCUT2D eigenvalue weighted by Crippen LogP contribution is -2.31. The van der Waals surface area contributed by atoms with E-state index in [0.29, 0.717) is 53.4 Å². The fraction of sp³-hybridized carbons (Fsp3) is 0.370. The number of anilines is 2. The lowest BCUT2D eigenvalue weighted by Gasteiger charge is -2.29. The lowest BCUT2D eigenvalue weighted by molar-refractivity contribution is -0.113. The number of nitrogens with one attached hydrogen (secondary N) is 2. The first kappa shape index (κ1) is 25.1. The maximum Gasteiger partial charge on any atom is 0.255 e. The van der Waals surface area contributed by atoms with E-state index in [2.05, 4.69) is 27.6 Å². The first-order valence-corrected chi connectivity index (χ1v) is 12.3. The second-order valence-electron chi connectivity index (χ2n) is 8.44. The first-order valence-electron chi connectivity index (χ1n) is 12.3. The summed E-state index contributed by atoms with van der Waals surface area (Å²) in [4.78, 5) is 18.0. The average molecular weight is 492 g/mol. The SMILES string of the molecule is CCCCCOc1ccc(C2C(C(=O)Nc3ccccc3OCC)=C(C)Nc3ncnn32)cc1OC. The van der Waals surface area contributed by atoms with Crippen molar-refractivity contribution in [2.45, 2.75) is 46.1 Å². The zero-order valence-corrected chi connectivity index (χ0v) is 21.2. The molecule has 1 aliphatic rings. The minimum atomic E-state index is -0.522. The van der Waals surface area contributed by atoms with Crippen LogP contribution < -0.4 is 24.8 Å². The van der Waals surface area contributed by atoms with E-state index in [-0.39, 0.29) is 5.91 Å². The summed E-state index contributed by atoms with van der Waals surface area (Å²) in [6.07, 6.45) is 4.68. The number of ether oxygens (including phenoxy) is 3. The molecule has 4 rings (SSSR count). The summed E-state index contributed by atoms with van der Waals surface area (Å²) in [6, 6.07) is 12.6. The molecule has 3 aromatic rings. The zero-order valence-electron chi connectivity index (χ0n) is 21.2. The van der Waals surface area contributed by atoms with Crippen LogP contribution in [0.1, 0.15) is 51.6 Å². The summed E-state index contributed by atoms with van der Waals surface area (Å²) < 4.78 is 19.0. The van der Waals surface area contributed by atoms with Gasteiger partial charge in [0.15, 0.2) is 11.5 Å². The Labute approximate surface area is 211 Å². The number of hydrogen-bond acceptors (Lipinski definition) is 7. The number of fused-ring (bicyclic) bond motifs is 1. The van der Waals surface area contributed by atoms with Gasteiger partial charge in [0, 0.05) is 5.70 Å². The van der Waals surface area contributed by atoms with Gasteiger partial charge in [0.25, 0.3) is 5.91 Å². The molecule has 1 aliphatic heterocycles. The van der Waals surface area contributed by atoms with Crippen LogP contribution in [0.25, 0.3) is 0 Å². The quantitative estimate of drug-likeness (QED) is 0.357. The normalized spacial score (nSPS) is 14.6. The Balaban J connectivity index is 1.68. The molecule has 9 heteroatoms. The maximum absolute atomic E-state index is 13.7. The summed E-state index contributed by atoms with van der Waals surface area (Å²) in [6.45, 7) is 7.04. The molecule has 0 radical (unpaired) electrons. The molecule has 1 aromatic heterocycles. The van der Waals surface area contributed by atoms with Crippen LogP contribution in [0.5, 0.6) is 17.2 Å². The average Bonchev–Trinajstić information content (AvgIpc) is 3.35. The van der Waals surface area contributed by atoms with Crippen molar-refractivity contribution in [2.75, 3.05) is 31.0 Å². The third-order valence-electron chi connectivity index (χ3n) is 5.98. The summed E-state index contributed by atoms with van der Waals surface area (Å²) >= 11 is 0. The fourth-order valence-corrected chi connectivity index (χ4v) is 4.24. The van der Waals surface area contributed by atoms with Gasteiger partial charge in [-0.3, -0.25) is 4.79 Å². The van der Waals surface area contributed by atoms with Crippen molar-refractivity contribution in [1.82, 2.24) is 14.8 Å². The topological polar surface area (TPSA) is 99.5 Å². The number of unbranched alkanes of at least 4 members (excludes halogenated alkanes) is 2. The minimum Gasteiger partial charge on any atom is -0.493 e. The molecule has 1 unspecified atom stereocenters. The molecule has 1 atom stereocenters. The lowest BCUT2D eigenvalue weighted by atomic mass is 9.94. The van der Waals surface area contributed by atoms with Crippen LogP contribution >= 0.6 is 0 Å². The second kappa shape index (κ2) is 11.6.